The Morgan fingerprint density at radius 3 is 1.79 bits per heavy atom. The van der Waals surface area contributed by atoms with Crippen LogP contribution in [0.15, 0.2) is 59.5 Å². The number of carboxylic acids is 1. The van der Waals surface area contributed by atoms with Crippen LogP contribution >= 0.6 is 0 Å². The lowest BCUT2D eigenvalue weighted by atomic mass is 9.80. The van der Waals surface area contributed by atoms with Gasteiger partial charge in [0.2, 0.25) is 0 Å². The van der Waals surface area contributed by atoms with Crippen LogP contribution in [0.5, 0.6) is 0 Å². The number of nitrogens with zero attached hydrogens (tertiary/aromatic N) is 1. The van der Waals surface area contributed by atoms with Crippen LogP contribution < -0.4 is 0 Å². The van der Waals surface area contributed by atoms with Crippen molar-refractivity contribution in [2.45, 2.75) is 55.9 Å². The molecule has 7 nitrogen and oxygen atoms in total. The van der Waals surface area contributed by atoms with Gasteiger partial charge in [0, 0.05) is 18.8 Å². The number of likely N-dealkylation sites (tertiary alicyclic amines) is 1. The van der Waals surface area contributed by atoms with Crippen molar-refractivity contribution < 1.29 is 32.5 Å². The van der Waals surface area contributed by atoms with Gasteiger partial charge >= 0.3 is 5.97 Å². The molecule has 2 aliphatic rings. The number of aryl methyl sites for hydroxylation is 1. The summed E-state index contributed by atoms with van der Waals surface area (Å²) < 4.78 is 30.8. The van der Waals surface area contributed by atoms with E-state index in [1.807, 2.05) is 13.0 Å². The van der Waals surface area contributed by atoms with E-state index in [2.05, 4.69) is 14.1 Å². The van der Waals surface area contributed by atoms with Gasteiger partial charge in [-0.1, -0.05) is 60.9 Å². The standard InChI is InChI=1S/C13H16O3.C7H8O3S.C6H14N/c14-12(15)13(16,11-8-4-5-9-11)10-6-2-1-3-7-10;1-6-2-4-7(5-3-6)11(8,9)10;1-7(2)5-3-4-6-7/h1-3,6-7,11,16H,4-5,8-9H2,(H,14,15);2-5H,1H3,(H,8,9,10);3-6H2,1-2H3/q;;+1. The summed E-state index contributed by atoms with van der Waals surface area (Å²) >= 11 is 0. The normalized spacial score (nSPS) is 19.2. The monoisotopic (exact) mass is 492 g/mol. The van der Waals surface area contributed by atoms with E-state index in [0.29, 0.717) is 5.56 Å². The Balaban J connectivity index is 0.000000196. The third kappa shape index (κ3) is 7.91. The molecule has 0 spiro atoms. The molecule has 1 saturated heterocycles. The van der Waals surface area contributed by atoms with Crippen LogP contribution in [0.2, 0.25) is 0 Å². The van der Waals surface area contributed by atoms with Crippen molar-refractivity contribution in [3.8, 4) is 0 Å². The number of benzene rings is 2. The first kappa shape index (κ1) is 28.0. The summed E-state index contributed by atoms with van der Waals surface area (Å²) in [7, 11) is 0.578. The zero-order valence-electron chi connectivity index (χ0n) is 20.4. The fourth-order valence-electron chi connectivity index (χ4n) is 4.47. The van der Waals surface area contributed by atoms with Crippen molar-refractivity contribution in [2.75, 3.05) is 27.2 Å². The number of hydrogen-bond acceptors (Lipinski definition) is 4. The molecule has 1 atom stereocenters. The summed E-state index contributed by atoms with van der Waals surface area (Å²) in [4.78, 5) is 11.3. The van der Waals surface area contributed by atoms with Gasteiger partial charge in [-0.3, -0.25) is 4.55 Å². The van der Waals surface area contributed by atoms with E-state index in [9.17, 15) is 23.4 Å². The molecule has 1 aliphatic heterocycles. The zero-order valence-corrected chi connectivity index (χ0v) is 21.2. The summed E-state index contributed by atoms with van der Waals surface area (Å²) in [5.74, 6) is -1.29. The van der Waals surface area contributed by atoms with Crippen LogP contribution in [-0.4, -0.2) is 60.8 Å². The molecule has 1 aliphatic carbocycles. The highest BCUT2D eigenvalue weighted by Crippen LogP contribution is 2.40. The highest BCUT2D eigenvalue weighted by atomic mass is 32.2. The minimum atomic E-state index is -4.02. The second kappa shape index (κ2) is 11.9. The van der Waals surface area contributed by atoms with Crippen molar-refractivity contribution in [2.24, 2.45) is 5.92 Å². The third-order valence-corrected chi connectivity index (χ3v) is 7.45. The molecule has 34 heavy (non-hydrogen) atoms. The molecule has 0 amide bonds. The molecule has 2 aromatic rings. The number of quaternary nitrogens is 1. The van der Waals surface area contributed by atoms with Crippen LogP contribution in [0.4, 0.5) is 0 Å². The quantitative estimate of drug-likeness (QED) is 0.435. The van der Waals surface area contributed by atoms with Gasteiger partial charge in [0.1, 0.15) is 0 Å². The maximum Gasteiger partial charge on any atom is 0.340 e. The lowest BCUT2D eigenvalue weighted by Gasteiger charge is -2.30. The lowest BCUT2D eigenvalue weighted by molar-refractivity contribution is -0.877. The van der Waals surface area contributed by atoms with E-state index in [1.54, 1.807) is 36.4 Å². The minimum absolute atomic E-state index is 0.0666. The Kier molecular flexibility index (Phi) is 9.82. The Morgan fingerprint density at radius 1 is 0.912 bits per heavy atom. The van der Waals surface area contributed by atoms with Gasteiger partial charge in [-0.2, -0.15) is 8.42 Å². The minimum Gasteiger partial charge on any atom is -0.479 e. The van der Waals surface area contributed by atoms with Gasteiger partial charge in [0.05, 0.1) is 32.1 Å². The van der Waals surface area contributed by atoms with E-state index >= 15 is 0 Å². The van der Waals surface area contributed by atoms with Crippen molar-refractivity contribution in [3.63, 3.8) is 0 Å². The molecule has 1 unspecified atom stereocenters. The molecule has 2 aromatic carbocycles. The van der Waals surface area contributed by atoms with Crippen LogP contribution in [0.3, 0.4) is 0 Å². The molecular formula is C26H38NO6S+. The Morgan fingerprint density at radius 2 is 1.41 bits per heavy atom. The fourth-order valence-corrected chi connectivity index (χ4v) is 4.95. The zero-order chi connectivity index (χ0) is 25.4. The Bertz CT molecular complexity index is 1010. The van der Waals surface area contributed by atoms with E-state index in [4.69, 9.17) is 4.55 Å². The second-order valence-corrected chi connectivity index (χ2v) is 11.2. The molecule has 0 bridgehead atoms. The van der Waals surface area contributed by atoms with Crippen LogP contribution in [-0.2, 0) is 20.5 Å². The summed E-state index contributed by atoms with van der Waals surface area (Å²) in [6, 6.07) is 14.7. The number of hydrogen-bond donors (Lipinski definition) is 3. The van der Waals surface area contributed by atoms with E-state index in [1.165, 1.54) is 42.5 Å². The molecule has 1 saturated carbocycles. The predicted molar refractivity (Wildman–Crippen MR) is 132 cm³/mol. The number of rotatable bonds is 4. The maximum atomic E-state index is 11.4. The molecule has 4 rings (SSSR count). The molecule has 8 heteroatoms. The molecular weight excluding hydrogens is 454 g/mol. The van der Waals surface area contributed by atoms with Gasteiger partial charge in [0.25, 0.3) is 10.1 Å². The number of aliphatic hydroxyl groups is 1. The SMILES string of the molecule is C[N+]1(C)CCCC1.Cc1ccc(S(=O)(=O)O)cc1.O=C(O)C(O)(c1ccccc1)C1CCCC1. The molecule has 3 N–H and O–H groups in total. The summed E-state index contributed by atoms with van der Waals surface area (Å²) in [6.45, 7) is 4.62. The molecule has 188 valence electrons. The predicted octanol–water partition coefficient (Wildman–Crippen LogP) is 4.25. The van der Waals surface area contributed by atoms with Gasteiger partial charge in [-0.15, -0.1) is 0 Å². The largest absolute Gasteiger partial charge is 0.479 e. The summed E-state index contributed by atoms with van der Waals surface area (Å²) in [5, 5.41) is 19.8. The second-order valence-electron chi connectivity index (χ2n) is 9.80. The maximum absolute atomic E-state index is 11.4. The highest BCUT2D eigenvalue weighted by Gasteiger charge is 2.46. The third-order valence-electron chi connectivity index (χ3n) is 6.58. The van der Waals surface area contributed by atoms with Gasteiger partial charge in [0.15, 0.2) is 5.60 Å². The number of carboxylic acid groups (broad SMARTS) is 1. The average Bonchev–Trinajstić information content (AvgIpc) is 3.46. The van der Waals surface area contributed by atoms with Crippen molar-refractivity contribution >= 4 is 16.1 Å². The highest BCUT2D eigenvalue weighted by molar-refractivity contribution is 7.85. The molecule has 0 radical (unpaired) electrons. The van der Waals surface area contributed by atoms with Crippen molar-refractivity contribution in [3.05, 3.63) is 65.7 Å². The number of aliphatic carboxylic acids is 1. The Hall–Kier alpha value is -2.26. The van der Waals surface area contributed by atoms with Crippen LogP contribution in [0, 0.1) is 12.8 Å². The molecule has 1 heterocycles. The first-order chi connectivity index (χ1) is 15.9. The van der Waals surface area contributed by atoms with Crippen LogP contribution in [0.1, 0.15) is 49.7 Å². The van der Waals surface area contributed by atoms with E-state index < -0.39 is 21.7 Å². The van der Waals surface area contributed by atoms with Gasteiger partial charge < -0.3 is 14.7 Å². The van der Waals surface area contributed by atoms with Crippen molar-refractivity contribution in [1.82, 2.24) is 0 Å². The lowest BCUT2D eigenvalue weighted by Crippen LogP contribution is -2.42. The Labute approximate surface area is 203 Å². The first-order valence-electron chi connectivity index (χ1n) is 11.7. The number of carbonyl (C=O) groups is 1. The van der Waals surface area contributed by atoms with Gasteiger partial charge in [-0.25, -0.2) is 4.79 Å². The molecule has 2 fully saturated rings. The molecule has 0 aromatic heterocycles. The first-order valence-corrected chi connectivity index (χ1v) is 13.2. The average molecular weight is 493 g/mol. The van der Waals surface area contributed by atoms with E-state index in [0.717, 1.165) is 31.2 Å². The summed E-state index contributed by atoms with van der Waals surface area (Å²) in [5.41, 5.74) is -0.260. The van der Waals surface area contributed by atoms with Crippen LogP contribution in [0.25, 0.3) is 0 Å². The van der Waals surface area contributed by atoms with Gasteiger partial charge in [-0.05, 0) is 37.5 Å². The fraction of sp³-hybridized carbons (Fsp3) is 0.500. The van der Waals surface area contributed by atoms with Crippen molar-refractivity contribution in [1.29, 1.82) is 0 Å². The van der Waals surface area contributed by atoms with E-state index in [-0.39, 0.29) is 10.8 Å². The topological polar surface area (TPSA) is 112 Å². The smallest absolute Gasteiger partial charge is 0.340 e. The summed E-state index contributed by atoms with van der Waals surface area (Å²) in [6.07, 6.45) is 6.47.